The first-order valence-corrected chi connectivity index (χ1v) is 11.0. The number of nitrogens with one attached hydrogen (secondary N) is 3. The molecular formula is C24H26N6O2. The molecule has 8 heteroatoms. The van der Waals surface area contributed by atoms with E-state index in [-0.39, 0.29) is 17.9 Å². The Morgan fingerprint density at radius 2 is 2.06 bits per heavy atom. The number of piperazine rings is 1. The number of benzene rings is 2. The number of carbonyl (C=O) groups is 1. The predicted molar refractivity (Wildman–Crippen MR) is 123 cm³/mol. The summed E-state index contributed by atoms with van der Waals surface area (Å²) in [6.45, 7) is 6.24. The van der Waals surface area contributed by atoms with Crippen molar-refractivity contribution >= 4 is 22.6 Å². The van der Waals surface area contributed by atoms with Crippen molar-refractivity contribution in [1.82, 2.24) is 20.6 Å². The number of hydrogen-bond donors (Lipinski definition) is 3. The van der Waals surface area contributed by atoms with Gasteiger partial charge in [0.15, 0.2) is 0 Å². The maximum Gasteiger partial charge on any atom is 0.220 e. The molecule has 3 aromatic rings. The monoisotopic (exact) mass is 430 g/mol. The van der Waals surface area contributed by atoms with Gasteiger partial charge in [-0.15, -0.1) is 0 Å². The molecule has 164 valence electrons. The van der Waals surface area contributed by atoms with E-state index in [9.17, 15) is 10.1 Å². The van der Waals surface area contributed by atoms with Crippen molar-refractivity contribution in [2.45, 2.75) is 19.4 Å². The summed E-state index contributed by atoms with van der Waals surface area (Å²) < 4.78 is 6.30. The highest BCUT2D eigenvalue weighted by molar-refractivity contribution is 5.88. The molecule has 3 N–H and O–H groups in total. The molecule has 0 bridgehead atoms. The van der Waals surface area contributed by atoms with Gasteiger partial charge in [0.05, 0.1) is 23.1 Å². The van der Waals surface area contributed by atoms with Crippen molar-refractivity contribution in [1.29, 1.82) is 5.26 Å². The molecule has 8 nitrogen and oxygen atoms in total. The number of amides is 1. The summed E-state index contributed by atoms with van der Waals surface area (Å²) >= 11 is 0. The first kappa shape index (κ1) is 20.3. The fourth-order valence-corrected chi connectivity index (χ4v) is 4.52. The van der Waals surface area contributed by atoms with Gasteiger partial charge in [-0.25, -0.2) is 4.98 Å². The number of hydrogen-bond acceptors (Lipinski definition) is 6. The van der Waals surface area contributed by atoms with E-state index in [1.807, 2.05) is 31.2 Å². The molecule has 0 radical (unpaired) electrons. The third-order valence-electron chi connectivity index (χ3n) is 6.38. The highest BCUT2D eigenvalue weighted by Crippen LogP contribution is 2.34. The third-order valence-corrected chi connectivity index (χ3v) is 6.38. The van der Waals surface area contributed by atoms with Crippen LogP contribution >= 0.6 is 0 Å². The Bertz CT molecular complexity index is 1190. The van der Waals surface area contributed by atoms with Crippen LogP contribution in [-0.2, 0) is 4.79 Å². The van der Waals surface area contributed by atoms with Crippen LogP contribution in [0.3, 0.4) is 0 Å². The summed E-state index contributed by atoms with van der Waals surface area (Å²) in [4.78, 5) is 21.5. The fraction of sp³-hybridized carbons (Fsp3) is 0.375. The van der Waals surface area contributed by atoms with Crippen LogP contribution in [0, 0.1) is 17.2 Å². The van der Waals surface area contributed by atoms with E-state index in [1.165, 1.54) is 0 Å². The SMILES string of the molecule is C[C@@H](Oc1cc(-c2ccc(N3CCNCC3)c(C#N)c2)cc2[nH]cnc12)[C@H]1CNC(=O)C1. The Labute approximate surface area is 186 Å². The maximum absolute atomic E-state index is 11.6. The summed E-state index contributed by atoms with van der Waals surface area (Å²) in [7, 11) is 0. The summed E-state index contributed by atoms with van der Waals surface area (Å²) in [5, 5.41) is 16.0. The third kappa shape index (κ3) is 3.87. The molecule has 2 aromatic carbocycles. The first-order valence-electron chi connectivity index (χ1n) is 11.0. The lowest BCUT2D eigenvalue weighted by Gasteiger charge is -2.30. The molecule has 32 heavy (non-hydrogen) atoms. The topological polar surface area (TPSA) is 106 Å². The van der Waals surface area contributed by atoms with Crippen LogP contribution < -0.4 is 20.3 Å². The first-order chi connectivity index (χ1) is 15.6. The Balaban J connectivity index is 1.48. The minimum atomic E-state index is -0.131. The molecule has 0 unspecified atom stereocenters. The van der Waals surface area contributed by atoms with Gasteiger partial charge < -0.3 is 25.3 Å². The van der Waals surface area contributed by atoms with Gasteiger partial charge >= 0.3 is 0 Å². The lowest BCUT2D eigenvalue weighted by atomic mass is 10.00. The Hall–Kier alpha value is -3.57. The highest BCUT2D eigenvalue weighted by atomic mass is 16.5. The second-order valence-corrected chi connectivity index (χ2v) is 8.45. The van der Waals surface area contributed by atoms with E-state index in [1.54, 1.807) is 6.33 Å². The van der Waals surface area contributed by atoms with E-state index >= 15 is 0 Å². The van der Waals surface area contributed by atoms with Crippen molar-refractivity contribution in [3.05, 3.63) is 42.2 Å². The number of carbonyl (C=O) groups excluding carboxylic acids is 1. The van der Waals surface area contributed by atoms with Gasteiger partial charge in [0.2, 0.25) is 5.91 Å². The van der Waals surface area contributed by atoms with E-state index < -0.39 is 0 Å². The summed E-state index contributed by atoms with van der Waals surface area (Å²) in [5.74, 6) is 0.872. The smallest absolute Gasteiger partial charge is 0.220 e. The zero-order valence-corrected chi connectivity index (χ0v) is 18.0. The second kappa shape index (κ2) is 8.52. The van der Waals surface area contributed by atoms with Crippen molar-refractivity contribution in [3.63, 3.8) is 0 Å². The number of H-pyrrole nitrogens is 1. The number of aromatic amines is 1. The van der Waals surface area contributed by atoms with Crippen LogP contribution in [0.2, 0.25) is 0 Å². The second-order valence-electron chi connectivity index (χ2n) is 8.45. The van der Waals surface area contributed by atoms with E-state index in [2.05, 4.69) is 37.6 Å². The van der Waals surface area contributed by atoms with Crippen LogP contribution in [0.4, 0.5) is 5.69 Å². The number of ether oxygens (including phenoxy) is 1. The van der Waals surface area contributed by atoms with Gasteiger partial charge in [-0.05, 0) is 42.3 Å². The van der Waals surface area contributed by atoms with Crippen LogP contribution in [0.1, 0.15) is 18.9 Å². The Morgan fingerprint density at radius 1 is 1.22 bits per heavy atom. The summed E-state index contributed by atoms with van der Waals surface area (Å²) in [5.41, 5.74) is 5.18. The van der Waals surface area contributed by atoms with Crippen molar-refractivity contribution in [2.75, 3.05) is 37.6 Å². The molecule has 3 heterocycles. The minimum absolute atomic E-state index is 0.0673. The minimum Gasteiger partial charge on any atom is -0.488 e. The quantitative estimate of drug-likeness (QED) is 0.574. The Morgan fingerprint density at radius 3 is 2.81 bits per heavy atom. The van der Waals surface area contributed by atoms with Crippen LogP contribution in [0.25, 0.3) is 22.2 Å². The molecule has 0 saturated carbocycles. The predicted octanol–water partition coefficient (Wildman–Crippen LogP) is 2.41. The van der Waals surface area contributed by atoms with Crippen molar-refractivity contribution < 1.29 is 9.53 Å². The lowest BCUT2D eigenvalue weighted by Crippen LogP contribution is -2.43. The maximum atomic E-state index is 11.6. The molecule has 1 aromatic heterocycles. The summed E-state index contributed by atoms with van der Waals surface area (Å²) in [6, 6.07) is 12.4. The summed E-state index contributed by atoms with van der Waals surface area (Å²) in [6.07, 6.45) is 2.00. The standard InChI is InChI=1S/C24H26N6O2/c1-15(19-11-23(31)27-13-19)32-22-10-17(9-20-24(22)29-14-28-20)16-2-3-21(18(8-16)12-25)30-6-4-26-5-7-30/h2-3,8-10,14-15,19,26H,4-7,11,13H2,1H3,(H,27,31)(H,28,29)/t15-,19-/m1/s1. The van der Waals surface area contributed by atoms with E-state index in [4.69, 9.17) is 4.74 Å². The number of anilines is 1. The number of nitrogens with zero attached hydrogens (tertiary/aromatic N) is 3. The van der Waals surface area contributed by atoms with E-state index in [0.29, 0.717) is 24.3 Å². The number of imidazole rings is 1. The average Bonchev–Trinajstić information content (AvgIpc) is 3.48. The molecule has 2 atom stereocenters. The van der Waals surface area contributed by atoms with Crippen molar-refractivity contribution in [2.24, 2.45) is 5.92 Å². The number of rotatable bonds is 5. The number of nitriles is 1. The van der Waals surface area contributed by atoms with Crippen LogP contribution in [0.15, 0.2) is 36.7 Å². The molecular weight excluding hydrogens is 404 g/mol. The van der Waals surface area contributed by atoms with Gasteiger partial charge in [0, 0.05) is 45.1 Å². The van der Waals surface area contributed by atoms with Gasteiger partial charge in [-0.2, -0.15) is 5.26 Å². The Kier molecular flexibility index (Phi) is 5.41. The van der Waals surface area contributed by atoms with Crippen LogP contribution in [0.5, 0.6) is 5.75 Å². The zero-order valence-electron chi connectivity index (χ0n) is 18.0. The zero-order chi connectivity index (χ0) is 22.1. The normalized spacial score (nSPS) is 19.6. The highest BCUT2D eigenvalue weighted by Gasteiger charge is 2.28. The van der Waals surface area contributed by atoms with Gasteiger partial charge in [-0.3, -0.25) is 4.79 Å². The van der Waals surface area contributed by atoms with Gasteiger partial charge in [0.25, 0.3) is 0 Å². The van der Waals surface area contributed by atoms with Crippen LogP contribution in [-0.4, -0.2) is 54.7 Å². The molecule has 5 rings (SSSR count). The molecule has 1 amide bonds. The van der Waals surface area contributed by atoms with Crippen molar-refractivity contribution in [3.8, 4) is 22.9 Å². The molecule has 2 aliphatic heterocycles. The molecule has 0 spiro atoms. The largest absolute Gasteiger partial charge is 0.488 e. The van der Waals surface area contributed by atoms with E-state index in [0.717, 1.165) is 54.0 Å². The molecule has 0 aliphatic carbocycles. The van der Waals surface area contributed by atoms with Gasteiger partial charge in [-0.1, -0.05) is 6.07 Å². The average molecular weight is 431 g/mol. The number of aromatic nitrogens is 2. The molecule has 2 saturated heterocycles. The number of fused-ring (bicyclic) bond motifs is 1. The fourth-order valence-electron chi connectivity index (χ4n) is 4.52. The lowest BCUT2D eigenvalue weighted by molar-refractivity contribution is -0.119. The molecule has 2 fully saturated rings. The molecule has 2 aliphatic rings. The van der Waals surface area contributed by atoms with Gasteiger partial charge in [0.1, 0.15) is 23.4 Å².